The molecule has 0 unspecified atom stereocenters. The second kappa shape index (κ2) is 7.53. The van der Waals surface area contributed by atoms with Gasteiger partial charge in [0.05, 0.1) is 0 Å². The van der Waals surface area contributed by atoms with E-state index in [2.05, 4.69) is 0 Å². The van der Waals surface area contributed by atoms with Crippen LogP contribution in [0.5, 0.6) is 0 Å². The molecule has 2 nitrogen and oxygen atoms in total. The van der Waals surface area contributed by atoms with Gasteiger partial charge in [-0.1, -0.05) is 6.42 Å². The van der Waals surface area contributed by atoms with Crippen molar-refractivity contribution in [2.75, 3.05) is 20.1 Å². The smallest absolute Gasteiger partial charge is 0.384 e. The van der Waals surface area contributed by atoms with E-state index in [1.165, 1.54) is 0 Å². The minimum absolute atomic E-state index is 0.739. The Balaban J connectivity index is 3.09. The van der Waals surface area contributed by atoms with Gasteiger partial charge in [-0.05, 0) is 12.5 Å². The average Bonchev–Trinajstić information content (AvgIpc) is 1.99. The van der Waals surface area contributed by atoms with Crippen LogP contribution in [0.1, 0.15) is 12.8 Å². The van der Waals surface area contributed by atoms with E-state index in [-0.39, 0.29) is 0 Å². The first-order chi connectivity index (χ1) is 4.85. The van der Waals surface area contributed by atoms with Gasteiger partial charge in [-0.25, -0.2) is 0 Å². The Morgan fingerprint density at radius 3 is 2.20 bits per heavy atom. The van der Waals surface area contributed by atoms with Crippen molar-refractivity contribution in [2.45, 2.75) is 18.9 Å². The van der Waals surface area contributed by atoms with E-state index in [0.717, 1.165) is 24.8 Å². The van der Waals surface area contributed by atoms with Gasteiger partial charge in [0.2, 0.25) is 0 Å². The lowest BCUT2D eigenvalue weighted by atomic mass is 10.4. The molecule has 10 heavy (non-hydrogen) atoms. The molecule has 61 valence electrons. The Morgan fingerprint density at radius 2 is 1.80 bits per heavy atom. The highest BCUT2D eigenvalue weighted by Crippen LogP contribution is 2.03. The number of unbranched alkanes of at least 4 members (excludes halogenated alkanes) is 1. The zero-order valence-corrected chi connectivity index (χ0v) is 8.28. The van der Waals surface area contributed by atoms with Gasteiger partial charge >= 0.3 is 9.28 Å². The third kappa shape index (κ3) is 5.23. The van der Waals surface area contributed by atoms with Crippen molar-refractivity contribution in [3.8, 4) is 0 Å². The van der Waals surface area contributed by atoms with E-state index in [4.69, 9.17) is 20.5 Å². The quantitative estimate of drug-likeness (QED) is 0.354. The highest BCUT2D eigenvalue weighted by molar-refractivity contribution is 6.44. The first-order valence-corrected chi connectivity index (χ1v) is 5.40. The number of rotatable bonds is 6. The fraction of sp³-hybridized carbons (Fsp3) is 1.00. The summed E-state index contributed by atoms with van der Waals surface area (Å²) in [6.07, 6.45) is 2.17. The number of halogens is 1. The summed E-state index contributed by atoms with van der Waals surface area (Å²) in [4.78, 5) is 0. The van der Waals surface area contributed by atoms with Gasteiger partial charge in [-0.15, -0.1) is 11.6 Å². The molecule has 0 rings (SSSR count). The van der Waals surface area contributed by atoms with Crippen LogP contribution in [0, 0.1) is 0 Å². The summed E-state index contributed by atoms with van der Waals surface area (Å²) in [5.41, 5.74) is 0. The van der Waals surface area contributed by atoms with Crippen LogP contribution in [-0.4, -0.2) is 29.4 Å². The Labute approximate surface area is 69.3 Å². The van der Waals surface area contributed by atoms with Crippen molar-refractivity contribution in [2.24, 2.45) is 0 Å². The van der Waals surface area contributed by atoms with E-state index in [9.17, 15) is 0 Å². The van der Waals surface area contributed by atoms with E-state index < -0.39 is 9.28 Å². The molecule has 0 amide bonds. The molecule has 0 fully saturated rings. The molecular formula is C6H14ClO2Si. The molecule has 0 aromatic heterocycles. The average molecular weight is 182 g/mol. The van der Waals surface area contributed by atoms with Gasteiger partial charge in [-0.3, -0.25) is 0 Å². The molecule has 0 heterocycles. The van der Waals surface area contributed by atoms with Gasteiger partial charge in [0, 0.05) is 20.1 Å². The van der Waals surface area contributed by atoms with Crippen LogP contribution < -0.4 is 0 Å². The largest absolute Gasteiger partial charge is 0.397 e. The normalized spacial score (nSPS) is 10.8. The SMILES string of the molecule is CO[Si](CCCCCl)OC. The standard InChI is InChI=1S/C6H14ClO2Si/c1-8-10(9-2)6-4-3-5-7/h3-6H2,1-2H3. The maximum atomic E-state index is 5.50. The summed E-state index contributed by atoms with van der Waals surface area (Å²) in [7, 11) is 2.43. The van der Waals surface area contributed by atoms with Gasteiger partial charge in [0.15, 0.2) is 0 Å². The first-order valence-electron chi connectivity index (χ1n) is 3.35. The topological polar surface area (TPSA) is 18.5 Å². The van der Waals surface area contributed by atoms with E-state index in [0.29, 0.717) is 0 Å². The third-order valence-electron chi connectivity index (χ3n) is 1.22. The lowest BCUT2D eigenvalue weighted by Crippen LogP contribution is -2.18. The number of hydrogen-bond acceptors (Lipinski definition) is 2. The van der Waals surface area contributed by atoms with Crippen LogP contribution in [0.2, 0.25) is 6.04 Å². The molecule has 0 saturated carbocycles. The highest BCUT2D eigenvalue weighted by Gasteiger charge is 2.09. The maximum absolute atomic E-state index is 5.50. The Morgan fingerprint density at radius 1 is 1.20 bits per heavy atom. The molecule has 0 bridgehead atoms. The summed E-state index contributed by atoms with van der Waals surface area (Å²) >= 11 is 5.50. The number of alkyl halides is 1. The number of hydrogen-bond donors (Lipinski definition) is 0. The van der Waals surface area contributed by atoms with Crippen molar-refractivity contribution >= 4 is 20.9 Å². The zero-order valence-electron chi connectivity index (χ0n) is 6.52. The Kier molecular flexibility index (Phi) is 7.85. The van der Waals surface area contributed by atoms with Crippen LogP contribution in [-0.2, 0) is 8.85 Å². The summed E-state index contributed by atoms with van der Waals surface area (Å²) in [6.45, 7) is 0. The summed E-state index contributed by atoms with van der Waals surface area (Å²) in [6, 6.07) is 1.03. The second-order valence-corrected chi connectivity index (χ2v) is 4.36. The summed E-state index contributed by atoms with van der Waals surface area (Å²) < 4.78 is 10.2. The molecule has 0 N–H and O–H groups in total. The van der Waals surface area contributed by atoms with Crippen molar-refractivity contribution in [3.63, 3.8) is 0 Å². The predicted octanol–water partition coefficient (Wildman–Crippen LogP) is 1.79. The molecule has 0 atom stereocenters. The fourth-order valence-corrected chi connectivity index (χ4v) is 1.95. The van der Waals surface area contributed by atoms with Crippen molar-refractivity contribution < 1.29 is 8.85 Å². The molecule has 0 saturated heterocycles. The Hall–Kier alpha value is 0.427. The van der Waals surface area contributed by atoms with Crippen molar-refractivity contribution in [3.05, 3.63) is 0 Å². The van der Waals surface area contributed by atoms with Crippen LogP contribution in [0.4, 0.5) is 0 Å². The molecule has 0 aromatic carbocycles. The minimum atomic E-state index is -0.954. The van der Waals surface area contributed by atoms with Gasteiger partial charge in [0.25, 0.3) is 0 Å². The van der Waals surface area contributed by atoms with Crippen LogP contribution in [0.3, 0.4) is 0 Å². The maximum Gasteiger partial charge on any atom is 0.384 e. The van der Waals surface area contributed by atoms with E-state index in [1.54, 1.807) is 14.2 Å². The monoisotopic (exact) mass is 181 g/mol. The van der Waals surface area contributed by atoms with Gasteiger partial charge in [0.1, 0.15) is 0 Å². The molecule has 0 aromatic rings. The van der Waals surface area contributed by atoms with Gasteiger partial charge in [-0.2, -0.15) is 0 Å². The second-order valence-electron chi connectivity index (χ2n) is 1.93. The molecule has 1 radical (unpaired) electrons. The van der Waals surface area contributed by atoms with Crippen LogP contribution in [0.15, 0.2) is 0 Å². The zero-order chi connectivity index (χ0) is 7.82. The van der Waals surface area contributed by atoms with E-state index >= 15 is 0 Å². The summed E-state index contributed by atoms with van der Waals surface area (Å²) in [5.74, 6) is 0.739. The van der Waals surface area contributed by atoms with Gasteiger partial charge < -0.3 is 8.85 Å². The molecule has 0 aliphatic rings. The molecular weight excluding hydrogens is 168 g/mol. The fourth-order valence-electron chi connectivity index (χ4n) is 0.651. The predicted molar refractivity (Wildman–Crippen MR) is 44.5 cm³/mol. The lowest BCUT2D eigenvalue weighted by Gasteiger charge is -2.07. The van der Waals surface area contributed by atoms with Crippen LogP contribution >= 0.6 is 11.6 Å². The van der Waals surface area contributed by atoms with Crippen molar-refractivity contribution in [1.29, 1.82) is 0 Å². The first kappa shape index (κ1) is 10.4. The lowest BCUT2D eigenvalue weighted by molar-refractivity contribution is 0.276. The highest BCUT2D eigenvalue weighted by atomic mass is 35.5. The van der Waals surface area contributed by atoms with Crippen molar-refractivity contribution in [1.82, 2.24) is 0 Å². The Bertz CT molecular complexity index is 68.8. The molecule has 0 aliphatic carbocycles. The van der Waals surface area contributed by atoms with Crippen LogP contribution in [0.25, 0.3) is 0 Å². The van der Waals surface area contributed by atoms with E-state index in [1.807, 2.05) is 0 Å². The summed E-state index contributed by atoms with van der Waals surface area (Å²) in [5, 5.41) is 0. The molecule has 4 heteroatoms. The third-order valence-corrected chi connectivity index (χ3v) is 3.16. The minimum Gasteiger partial charge on any atom is -0.397 e. The molecule has 0 spiro atoms. The molecule has 0 aliphatic heterocycles.